The molecule has 2 aromatic rings. The average Bonchev–Trinajstić information content (AvgIpc) is 2.86. The highest BCUT2D eigenvalue weighted by molar-refractivity contribution is 9.10. The maximum absolute atomic E-state index is 10.9. The molecular weight excluding hydrogens is 324 g/mol. The van der Waals surface area contributed by atoms with Crippen LogP contribution in [0, 0.1) is 0 Å². The minimum absolute atomic E-state index is 0.0227. The molecule has 1 aromatic heterocycles. The summed E-state index contributed by atoms with van der Waals surface area (Å²) in [6, 6.07) is 7.67. The van der Waals surface area contributed by atoms with E-state index in [0.29, 0.717) is 18.7 Å². The lowest BCUT2D eigenvalue weighted by Gasteiger charge is -2.14. The summed E-state index contributed by atoms with van der Waals surface area (Å²) in [5, 5.41) is 20.6. The van der Waals surface area contributed by atoms with Crippen molar-refractivity contribution in [3.05, 3.63) is 40.1 Å². The van der Waals surface area contributed by atoms with Gasteiger partial charge in [-0.2, -0.15) is 0 Å². The van der Waals surface area contributed by atoms with Crippen LogP contribution < -0.4 is 0 Å². The molecule has 1 N–H and O–H groups in total. The van der Waals surface area contributed by atoms with Gasteiger partial charge in [-0.25, -0.2) is 4.68 Å². The first kappa shape index (κ1) is 14.6. The lowest BCUT2D eigenvalue weighted by atomic mass is 10.1. The van der Waals surface area contributed by atoms with E-state index in [1.807, 2.05) is 31.2 Å². The van der Waals surface area contributed by atoms with E-state index in [-0.39, 0.29) is 12.5 Å². The van der Waals surface area contributed by atoms with Crippen molar-refractivity contribution in [1.82, 2.24) is 20.2 Å². The van der Waals surface area contributed by atoms with E-state index >= 15 is 0 Å². The number of aromatic nitrogens is 4. The van der Waals surface area contributed by atoms with Crippen molar-refractivity contribution in [2.45, 2.75) is 32.2 Å². The van der Waals surface area contributed by atoms with Crippen LogP contribution in [-0.2, 0) is 11.2 Å². The maximum atomic E-state index is 10.9. The Bertz CT molecular complexity index is 582. The Labute approximate surface area is 124 Å². The molecule has 106 valence electrons. The summed E-state index contributed by atoms with van der Waals surface area (Å²) >= 11 is 3.39. The third kappa shape index (κ3) is 3.63. The van der Waals surface area contributed by atoms with Crippen molar-refractivity contribution in [2.24, 2.45) is 0 Å². The first-order valence-electron chi connectivity index (χ1n) is 6.33. The number of benzene rings is 1. The maximum Gasteiger partial charge on any atom is 0.305 e. The molecule has 1 heterocycles. The van der Waals surface area contributed by atoms with Crippen molar-refractivity contribution >= 4 is 21.9 Å². The molecule has 0 radical (unpaired) electrons. The topological polar surface area (TPSA) is 80.9 Å². The monoisotopic (exact) mass is 338 g/mol. The van der Waals surface area contributed by atoms with Gasteiger partial charge in [0.2, 0.25) is 0 Å². The number of rotatable bonds is 6. The van der Waals surface area contributed by atoms with E-state index in [1.54, 1.807) is 4.68 Å². The quantitative estimate of drug-likeness (QED) is 0.874. The van der Waals surface area contributed by atoms with Crippen LogP contribution in [0.5, 0.6) is 0 Å². The second kappa shape index (κ2) is 6.60. The standard InChI is InChI=1S/C13H15BrN4O2/c1-2-11(8-13(19)20)18-12(15-16-17-18)7-9-3-5-10(14)6-4-9/h3-6,11H,2,7-8H2,1H3,(H,19,20). The van der Waals surface area contributed by atoms with Gasteiger partial charge in [0.05, 0.1) is 12.5 Å². The second-order valence-electron chi connectivity index (χ2n) is 4.50. The molecule has 1 atom stereocenters. The molecule has 0 amide bonds. The molecule has 20 heavy (non-hydrogen) atoms. The Hall–Kier alpha value is -1.76. The van der Waals surface area contributed by atoms with Gasteiger partial charge in [-0.05, 0) is 34.5 Å². The van der Waals surface area contributed by atoms with Gasteiger partial charge in [-0.3, -0.25) is 4.79 Å². The summed E-state index contributed by atoms with van der Waals surface area (Å²) in [5.74, 6) is -0.164. The third-order valence-electron chi connectivity index (χ3n) is 3.06. The number of hydrogen-bond donors (Lipinski definition) is 1. The molecule has 0 aliphatic rings. The fourth-order valence-corrected chi connectivity index (χ4v) is 2.27. The second-order valence-corrected chi connectivity index (χ2v) is 5.42. The minimum Gasteiger partial charge on any atom is -0.481 e. The van der Waals surface area contributed by atoms with Gasteiger partial charge >= 0.3 is 5.97 Å². The zero-order valence-corrected chi connectivity index (χ0v) is 12.6. The number of carbonyl (C=O) groups is 1. The lowest BCUT2D eigenvalue weighted by molar-refractivity contribution is -0.138. The SMILES string of the molecule is CCC(CC(=O)O)n1nnnc1Cc1ccc(Br)cc1. The number of halogens is 1. The van der Waals surface area contributed by atoms with E-state index < -0.39 is 5.97 Å². The van der Waals surface area contributed by atoms with Crippen molar-refractivity contribution in [3.8, 4) is 0 Å². The van der Waals surface area contributed by atoms with Gasteiger partial charge < -0.3 is 5.11 Å². The largest absolute Gasteiger partial charge is 0.481 e. The molecule has 7 heteroatoms. The summed E-state index contributed by atoms with van der Waals surface area (Å²) < 4.78 is 2.63. The van der Waals surface area contributed by atoms with Crippen LogP contribution >= 0.6 is 15.9 Å². The summed E-state index contributed by atoms with van der Waals surface area (Å²) in [4.78, 5) is 10.9. The molecule has 0 fully saturated rings. The fraction of sp³-hybridized carbons (Fsp3) is 0.385. The van der Waals surface area contributed by atoms with E-state index in [9.17, 15) is 4.79 Å². The Morgan fingerprint density at radius 3 is 2.70 bits per heavy atom. The van der Waals surface area contributed by atoms with Crippen LogP contribution in [0.2, 0.25) is 0 Å². The van der Waals surface area contributed by atoms with Gasteiger partial charge in [-0.15, -0.1) is 5.10 Å². The molecule has 0 aliphatic carbocycles. The zero-order valence-electron chi connectivity index (χ0n) is 11.0. The van der Waals surface area contributed by atoms with Crippen LogP contribution in [-0.4, -0.2) is 31.3 Å². The third-order valence-corrected chi connectivity index (χ3v) is 3.59. The number of carboxylic acid groups (broad SMARTS) is 1. The summed E-state index contributed by atoms with van der Waals surface area (Å²) in [7, 11) is 0. The lowest BCUT2D eigenvalue weighted by Crippen LogP contribution is -2.17. The van der Waals surface area contributed by atoms with Crippen LogP contribution in [0.15, 0.2) is 28.7 Å². The highest BCUT2D eigenvalue weighted by Crippen LogP contribution is 2.18. The van der Waals surface area contributed by atoms with E-state index in [1.165, 1.54) is 0 Å². The summed E-state index contributed by atoms with van der Waals surface area (Å²) in [5.41, 5.74) is 1.08. The van der Waals surface area contributed by atoms with E-state index in [0.717, 1.165) is 10.0 Å². The average molecular weight is 339 g/mol. The highest BCUT2D eigenvalue weighted by Gasteiger charge is 2.18. The number of aliphatic carboxylic acids is 1. The number of tetrazole rings is 1. The molecule has 1 unspecified atom stereocenters. The van der Waals surface area contributed by atoms with Crippen molar-refractivity contribution in [2.75, 3.05) is 0 Å². The predicted molar refractivity (Wildman–Crippen MR) is 76.3 cm³/mol. The highest BCUT2D eigenvalue weighted by atomic mass is 79.9. The fourth-order valence-electron chi connectivity index (χ4n) is 2.00. The van der Waals surface area contributed by atoms with Crippen molar-refractivity contribution < 1.29 is 9.90 Å². The van der Waals surface area contributed by atoms with Gasteiger partial charge in [0, 0.05) is 10.9 Å². The van der Waals surface area contributed by atoms with E-state index in [4.69, 9.17) is 5.11 Å². The molecule has 0 saturated heterocycles. The summed E-state index contributed by atoms with van der Waals surface area (Å²) in [6.07, 6.45) is 1.27. The van der Waals surface area contributed by atoms with Crippen molar-refractivity contribution in [1.29, 1.82) is 0 Å². The molecule has 0 bridgehead atoms. The normalized spacial score (nSPS) is 12.3. The van der Waals surface area contributed by atoms with E-state index in [2.05, 4.69) is 31.5 Å². The molecular formula is C13H15BrN4O2. The Kier molecular flexibility index (Phi) is 4.84. The van der Waals surface area contributed by atoms with Crippen molar-refractivity contribution in [3.63, 3.8) is 0 Å². The van der Waals surface area contributed by atoms with Crippen LogP contribution in [0.3, 0.4) is 0 Å². The number of carboxylic acids is 1. The van der Waals surface area contributed by atoms with Gasteiger partial charge in [0.15, 0.2) is 5.82 Å². The zero-order chi connectivity index (χ0) is 14.5. The molecule has 0 spiro atoms. The van der Waals surface area contributed by atoms with Gasteiger partial charge in [0.1, 0.15) is 0 Å². The molecule has 1 aromatic carbocycles. The molecule has 0 saturated carbocycles. The predicted octanol–water partition coefficient (Wildman–Crippen LogP) is 2.45. The Morgan fingerprint density at radius 2 is 2.10 bits per heavy atom. The smallest absolute Gasteiger partial charge is 0.305 e. The van der Waals surface area contributed by atoms with Gasteiger partial charge in [-0.1, -0.05) is 35.0 Å². The van der Waals surface area contributed by atoms with Crippen LogP contribution in [0.4, 0.5) is 0 Å². The number of nitrogens with zero attached hydrogens (tertiary/aromatic N) is 4. The summed E-state index contributed by atoms with van der Waals surface area (Å²) in [6.45, 7) is 1.93. The molecule has 6 nitrogen and oxygen atoms in total. The Morgan fingerprint density at radius 1 is 1.40 bits per heavy atom. The first-order chi connectivity index (χ1) is 9.60. The van der Waals surface area contributed by atoms with Crippen LogP contribution in [0.1, 0.15) is 37.2 Å². The number of hydrogen-bond acceptors (Lipinski definition) is 4. The Balaban J connectivity index is 2.19. The van der Waals surface area contributed by atoms with Crippen LogP contribution in [0.25, 0.3) is 0 Å². The molecule has 2 rings (SSSR count). The molecule has 0 aliphatic heterocycles. The van der Waals surface area contributed by atoms with Gasteiger partial charge in [0.25, 0.3) is 0 Å². The minimum atomic E-state index is -0.845. The first-order valence-corrected chi connectivity index (χ1v) is 7.12.